The summed E-state index contributed by atoms with van der Waals surface area (Å²) in [7, 11) is 0. The summed E-state index contributed by atoms with van der Waals surface area (Å²) in [5.41, 5.74) is -1.40. The molecule has 0 aliphatic heterocycles. The maximum absolute atomic E-state index is 11.9. The SMILES string of the molecule is C=CCC(/C=C/C)(C(=O)OCC)C(=O)OCC. The first-order chi connectivity index (χ1) is 8.08. The zero-order valence-corrected chi connectivity index (χ0v) is 10.7. The van der Waals surface area contributed by atoms with Crippen molar-refractivity contribution in [3.63, 3.8) is 0 Å². The van der Waals surface area contributed by atoms with Crippen molar-refractivity contribution in [2.24, 2.45) is 5.41 Å². The molecule has 0 fully saturated rings. The second-order valence-electron chi connectivity index (χ2n) is 3.41. The smallest absolute Gasteiger partial charge is 0.327 e. The number of carbonyl (C=O) groups excluding carboxylic acids is 2. The molecule has 0 atom stereocenters. The summed E-state index contributed by atoms with van der Waals surface area (Å²) in [5, 5.41) is 0. The van der Waals surface area contributed by atoms with Crippen LogP contribution in [0.1, 0.15) is 27.2 Å². The number of ether oxygens (including phenoxy) is 2. The fourth-order valence-electron chi connectivity index (χ4n) is 1.49. The highest BCUT2D eigenvalue weighted by Gasteiger charge is 2.45. The first-order valence-electron chi connectivity index (χ1n) is 5.68. The van der Waals surface area contributed by atoms with Crippen LogP contribution >= 0.6 is 0 Å². The Kier molecular flexibility index (Phi) is 6.94. The van der Waals surface area contributed by atoms with E-state index in [4.69, 9.17) is 9.47 Å². The summed E-state index contributed by atoms with van der Waals surface area (Å²) < 4.78 is 9.88. The number of hydrogen-bond donors (Lipinski definition) is 0. The molecule has 0 aromatic heterocycles. The number of rotatable bonds is 7. The van der Waals surface area contributed by atoms with Gasteiger partial charge in [0.15, 0.2) is 5.41 Å². The van der Waals surface area contributed by atoms with E-state index in [-0.39, 0.29) is 19.6 Å². The highest BCUT2D eigenvalue weighted by atomic mass is 16.6. The second kappa shape index (κ2) is 7.65. The molecular formula is C13H20O4. The third-order valence-electron chi connectivity index (χ3n) is 2.20. The third kappa shape index (κ3) is 3.73. The van der Waals surface area contributed by atoms with Gasteiger partial charge in [-0.3, -0.25) is 9.59 Å². The summed E-state index contributed by atoms with van der Waals surface area (Å²) in [6.07, 6.45) is 4.81. The van der Waals surface area contributed by atoms with E-state index in [9.17, 15) is 9.59 Å². The predicted molar refractivity (Wildman–Crippen MR) is 65.3 cm³/mol. The summed E-state index contributed by atoms with van der Waals surface area (Å²) in [5.74, 6) is -1.20. The summed E-state index contributed by atoms with van der Waals surface area (Å²) in [4.78, 5) is 23.9. The molecule has 0 aromatic rings. The molecule has 0 saturated carbocycles. The molecule has 0 rings (SSSR count). The maximum atomic E-state index is 11.9. The molecule has 0 aliphatic carbocycles. The van der Waals surface area contributed by atoms with Gasteiger partial charge in [0.05, 0.1) is 13.2 Å². The molecule has 0 unspecified atom stereocenters. The minimum atomic E-state index is -1.40. The monoisotopic (exact) mass is 240 g/mol. The highest BCUT2D eigenvalue weighted by molar-refractivity contribution is 6.02. The van der Waals surface area contributed by atoms with Crippen LogP contribution in [0.15, 0.2) is 24.8 Å². The maximum Gasteiger partial charge on any atom is 0.327 e. The van der Waals surface area contributed by atoms with Crippen molar-refractivity contribution in [2.75, 3.05) is 13.2 Å². The van der Waals surface area contributed by atoms with E-state index in [2.05, 4.69) is 6.58 Å². The fraction of sp³-hybridized carbons (Fsp3) is 0.538. The molecule has 0 bridgehead atoms. The van der Waals surface area contributed by atoms with Gasteiger partial charge in [-0.25, -0.2) is 0 Å². The zero-order chi connectivity index (χ0) is 13.3. The van der Waals surface area contributed by atoms with Crippen LogP contribution in [0, 0.1) is 5.41 Å². The lowest BCUT2D eigenvalue weighted by Crippen LogP contribution is -2.40. The van der Waals surface area contributed by atoms with Crippen molar-refractivity contribution in [3.8, 4) is 0 Å². The summed E-state index contributed by atoms with van der Waals surface area (Å²) in [6.45, 7) is 9.11. The Balaban J connectivity index is 5.32. The van der Waals surface area contributed by atoms with Gasteiger partial charge in [-0.1, -0.05) is 18.2 Å². The van der Waals surface area contributed by atoms with Gasteiger partial charge in [0.2, 0.25) is 0 Å². The van der Waals surface area contributed by atoms with Crippen LogP contribution in [-0.2, 0) is 19.1 Å². The Bertz CT molecular complexity index is 287. The molecular weight excluding hydrogens is 220 g/mol. The van der Waals surface area contributed by atoms with Crippen LogP contribution in [-0.4, -0.2) is 25.2 Å². The molecule has 4 heteroatoms. The van der Waals surface area contributed by atoms with Gasteiger partial charge in [-0.05, 0) is 27.2 Å². The van der Waals surface area contributed by atoms with Gasteiger partial charge in [-0.2, -0.15) is 0 Å². The standard InChI is InChI=1S/C13H20O4/c1-5-9-13(10-6-2,11(14)16-7-3)12(15)17-8-4/h5-6,10H,1,7-9H2,2-4H3/b10-6+. The van der Waals surface area contributed by atoms with E-state index < -0.39 is 17.4 Å². The molecule has 0 saturated heterocycles. The highest BCUT2D eigenvalue weighted by Crippen LogP contribution is 2.29. The molecule has 4 nitrogen and oxygen atoms in total. The van der Waals surface area contributed by atoms with Gasteiger partial charge in [0, 0.05) is 0 Å². The number of carbonyl (C=O) groups is 2. The van der Waals surface area contributed by atoms with Crippen LogP contribution < -0.4 is 0 Å². The molecule has 0 spiro atoms. The van der Waals surface area contributed by atoms with Gasteiger partial charge in [-0.15, -0.1) is 6.58 Å². The number of hydrogen-bond acceptors (Lipinski definition) is 4. The van der Waals surface area contributed by atoms with Gasteiger partial charge < -0.3 is 9.47 Å². The van der Waals surface area contributed by atoms with E-state index in [0.29, 0.717) is 0 Å². The summed E-state index contributed by atoms with van der Waals surface area (Å²) >= 11 is 0. The molecule has 96 valence electrons. The van der Waals surface area contributed by atoms with Gasteiger partial charge in [0.1, 0.15) is 0 Å². The number of esters is 2. The topological polar surface area (TPSA) is 52.6 Å². The van der Waals surface area contributed by atoms with Gasteiger partial charge in [0.25, 0.3) is 0 Å². The Morgan fingerprint density at radius 2 is 1.65 bits per heavy atom. The molecule has 17 heavy (non-hydrogen) atoms. The van der Waals surface area contributed by atoms with Crippen molar-refractivity contribution >= 4 is 11.9 Å². The molecule has 0 radical (unpaired) electrons. The van der Waals surface area contributed by atoms with Crippen molar-refractivity contribution in [3.05, 3.63) is 24.8 Å². The molecule has 0 N–H and O–H groups in total. The lowest BCUT2D eigenvalue weighted by Gasteiger charge is -2.24. The van der Waals surface area contributed by atoms with Crippen molar-refractivity contribution in [2.45, 2.75) is 27.2 Å². The Labute approximate surface area is 102 Å². The number of allylic oxidation sites excluding steroid dienone is 2. The quantitative estimate of drug-likeness (QED) is 0.389. The van der Waals surface area contributed by atoms with E-state index >= 15 is 0 Å². The molecule has 0 aliphatic rings. The lowest BCUT2D eigenvalue weighted by atomic mass is 9.84. The largest absolute Gasteiger partial charge is 0.465 e. The molecule has 0 amide bonds. The summed E-state index contributed by atoms with van der Waals surface area (Å²) in [6, 6.07) is 0. The van der Waals surface area contributed by atoms with Crippen LogP contribution in [0.25, 0.3) is 0 Å². The lowest BCUT2D eigenvalue weighted by molar-refractivity contribution is -0.167. The Hall–Kier alpha value is -1.58. The van der Waals surface area contributed by atoms with Crippen molar-refractivity contribution in [1.82, 2.24) is 0 Å². The van der Waals surface area contributed by atoms with Crippen LogP contribution in [0.2, 0.25) is 0 Å². The average Bonchev–Trinajstić information content (AvgIpc) is 2.29. The second-order valence-corrected chi connectivity index (χ2v) is 3.41. The van der Waals surface area contributed by atoms with E-state index in [1.165, 1.54) is 12.2 Å². The first kappa shape index (κ1) is 15.4. The third-order valence-corrected chi connectivity index (χ3v) is 2.20. The first-order valence-corrected chi connectivity index (χ1v) is 5.68. The Morgan fingerprint density at radius 1 is 1.18 bits per heavy atom. The molecule has 0 heterocycles. The molecule has 0 aromatic carbocycles. The van der Waals surface area contributed by atoms with Crippen LogP contribution in [0.3, 0.4) is 0 Å². The fourth-order valence-corrected chi connectivity index (χ4v) is 1.49. The normalized spacial score (nSPS) is 11.2. The predicted octanol–water partition coefficient (Wildman–Crippen LogP) is 2.25. The Morgan fingerprint density at radius 3 is 1.94 bits per heavy atom. The zero-order valence-electron chi connectivity index (χ0n) is 10.7. The van der Waals surface area contributed by atoms with Crippen molar-refractivity contribution < 1.29 is 19.1 Å². The minimum Gasteiger partial charge on any atom is -0.465 e. The van der Waals surface area contributed by atoms with Crippen molar-refractivity contribution in [1.29, 1.82) is 0 Å². The van der Waals surface area contributed by atoms with E-state index in [1.807, 2.05) is 0 Å². The van der Waals surface area contributed by atoms with E-state index in [1.54, 1.807) is 26.8 Å². The average molecular weight is 240 g/mol. The van der Waals surface area contributed by atoms with Crippen LogP contribution in [0.5, 0.6) is 0 Å². The van der Waals surface area contributed by atoms with E-state index in [0.717, 1.165) is 0 Å². The minimum absolute atomic E-state index is 0.162. The van der Waals surface area contributed by atoms with Crippen LogP contribution in [0.4, 0.5) is 0 Å². The van der Waals surface area contributed by atoms with Gasteiger partial charge >= 0.3 is 11.9 Å².